The van der Waals surface area contributed by atoms with Crippen molar-refractivity contribution in [2.75, 3.05) is 5.75 Å². The molecule has 2 aromatic carbocycles. The van der Waals surface area contributed by atoms with E-state index in [0.717, 1.165) is 43.4 Å². The van der Waals surface area contributed by atoms with E-state index < -0.39 is 10.3 Å². The average molecular weight is 455 g/mol. The van der Waals surface area contributed by atoms with Crippen LogP contribution < -0.4 is 0 Å². The lowest BCUT2D eigenvalue weighted by atomic mass is 9.82. The summed E-state index contributed by atoms with van der Waals surface area (Å²) in [6, 6.07) is 19.0. The molecule has 0 saturated heterocycles. The lowest BCUT2D eigenvalue weighted by Gasteiger charge is -2.36. The number of carbonyl (C=O) groups is 1. The molecule has 2 atom stereocenters. The molecular formula is C29H42O2S. The molecule has 1 aliphatic carbocycles. The molecule has 0 aliphatic heterocycles. The largest absolute Gasteiger partial charge is 0.386 e. The summed E-state index contributed by atoms with van der Waals surface area (Å²) in [6.07, 6.45) is 7.32. The molecule has 0 bridgehead atoms. The van der Waals surface area contributed by atoms with Gasteiger partial charge in [0, 0.05) is 7.85 Å². The summed E-state index contributed by atoms with van der Waals surface area (Å²) in [7, 11) is 0. The molecule has 0 radical (unpaired) electrons. The molecule has 1 aliphatic rings. The van der Waals surface area contributed by atoms with Gasteiger partial charge in [-0.05, 0) is 80.9 Å². The van der Waals surface area contributed by atoms with Crippen LogP contribution in [0.2, 0.25) is 0 Å². The summed E-state index contributed by atoms with van der Waals surface area (Å²) in [5, 5.41) is 11.4. The highest BCUT2D eigenvalue weighted by molar-refractivity contribution is 8.01. The number of carbonyl (C=O) groups excluding carboxylic acids is 1. The third kappa shape index (κ3) is 7.35. The lowest BCUT2D eigenvalue weighted by molar-refractivity contribution is -0.120. The maximum absolute atomic E-state index is 12.6. The molecule has 0 saturated carbocycles. The normalized spacial score (nSPS) is 16.9. The van der Waals surface area contributed by atoms with E-state index in [2.05, 4.69) is 54.6 Å². The third-order valence-corrected chi connectivity index (χ3v) is 7.90. The molecule has 32 heavy (non-hydrogen) atoms. The first kappa shape index (κ1) is 26.4. The number of fused-ring (bicyclic) bond motifs is 1. The summed E-state index contributed by atoms with van der Waals surface area (Å²) in [5.41, 5.74) is 4.13. The summed E-state index contributed by atoms with van der Waals surface area (Å²) < 4.78 is -0.583. The Morgan fingerprint density at radius 1 is 1.00 bits per heavy atom. The van der Waals surface area contributed by atoms with Gasteiger partial charge in [0.1, 0.15) is 5.78 Å². The average Bonchev–Trinajstić information content (AvgIpc) is 3.02. The topological polar surface area (TPSA) is 37.3 Å². The highest BCUT2D eigenvalue weighted by atomic mass is 32.2. The molecule has 2 aromatic rings. The van der Waals surface area contributed by atoms with E-state index in [4.69, 9.17) is 0 Å². The van der Waals surface area contributed by atoms with Crippen LogP contribution in [-0.4, -0.2) is 27.0 Å². The molecule has 176 valence electrons. The number of hydrogen-bond donors (Lipinski definition) is 1. The van der Waals surface area contributed by atoms with Crippen molar-refractivity contribution in [3.63, 3.8) is 0 Å². The van der Waals surface area contributed by atoms with Gasteiger partial charge < -0.3 is 5.11 Å². The molecule has 0 fully saturated rings. The quantitative estimate of drug-likeness (QED) is 0.321. The Balaban J connectivity index is 0.00000177. The van der Waals surface area contributed by atoms with Crippen molar-refractivity contribution >= 4 is 17.5 Å². The Morgan fingerprint density at radius 2 is 1.62 bits per heavy atom. The summed E-state index contributed by atoms with van der Waals surface area (Å²) in [6.45, 7) is 9.56. The second kappa shape index (κ2) is 12.4. The summed E-state index contributed by atoms with van der Waals surface area (Å²) in [4.78, 5) is 12.6. The van der Waals surface area contributed by atoms with Crippen LogP contribution in [0.25, 0.3) is 0 Å². The van der Waals surface area contributed by atoms with Gasteiger partial charge in [-0.25, -0.2) is 0 Å². The SMILES string of the molecule is CC.CC(=O)C(C)(CC(C)(O)C1=CCc2ccccc2CC1)SCCCc1ccccc1.[HH]. The van der Waals surface area contributed by atoms with Gasteiger partial charge >= 0.3 is 0 Å². The van der Waals surface area contributed by atoms with Crippen LogP contribution in [0.3, 0.4) is 0 Å². The molecule has 0 aromatic heterocycles. The van der Waals surface area contributed by atoms with Crippen molar-refractivity contribution < 1.29 is 11.3 Å². The van der Waals surface area contributed by atoms with E-state index in [1.54, 1.807) is 18.7 Å². The van der Waals surface area contributed by atoms with Crippen LogP contribution >= 0.6 is 11.8 Å². The molecular weight excluding hydrogens is 412 g/mol. The first-order chi connectivity index (χ1) is 15.3. The highest BCUT2D eigenvalue weighted by Crippen LogP contribution is 2.39. The zero-order chi connectivity index (χ0) is 23.6. The maximum atomic E-state index is 12.6. The van der Waals surface area contributed by atoms with E-state index in [-0.39, 0.29) is 7.21 Å². The fourth-order valence-electron chi connectivity index (χ4n) is 4.36. The number of aryl methyl sites for hydroxylation is 2. The lowest BCUT2D eigenvalue weighted by Crippen LogP contribution is -2.41. The molecule has 0 spiro atoms. The predicted molar refractivity (Wildman–Crippen MR) is 142 cm³/mol. The second-order valence-electron chi connectivity index (χ2n) is 8.88. The minimum absolute atomic E-state index is 0. The van der Waals surface area contributed by atoms with Crippen LogP contribution in [0.1, 0.15) is 72.0 Å². The highest BCUT2D eigenvalue weighted by Gasteiger charge is 2.40. The van der Waals surface area contributed by atoms with E-state index in [1.165, 1.54) is 16.7 Å². The Labute approximate surface area is 201 Å². The van der Waals surface area contributed by atoms with Gasteiger partial charge in [-0.15, -0.1) is 11.8 Å². The zero-order valence-corrected chi connectivity index (χ0v) is 21.3. The number of aliphatic hydroxyl groups is 1. The van der Waals surface area contributed by atoms with E-state index >= 15 is 0 Å². The zero-order valence-electron chi connectivity index (χ0n) is 20.5. The Morgan fingerprint density at radius 3 is 2.28 bits per heavy atom. The van der Waals surface area contributed by atoms with Crippen LogP contribution in [0, 0.1) is 0 Å². The Kier molecular flexibility index (Phi) is 10.2. The molecule has 2 unspecified atom stereocenters. The van der Waals surface area contributed by atoms with Crippen molar-refractivity contribution in [2.24, 2.45) is 0 Å². The fraction of sp³-hybridized carbons (Fsp3) is 0.483. The van der Waals surface area contributed by atoms with Gasteiger partial charge in [0.15, 0.2) is 0 Å². The van der Waals surface area contributed by atoms with Crippen molar-refractivity contribution in [1.29, 1.82) is 0 Å². The predicted octanol–water partition coefficient (Wildman–Crippen LogP) is 7.23. The fourth-order valence-corrected chi connectivity index (χ4v) is 5.69. The monoisotopic (exact) mass is 454 g/mol. The van der Waals surface area contributed by atoms with Crippen LogP contribution in [0.4, 0.5) is 0 Å². The van der Waals surface area contributed by atoms with Crippen molar-refractivity contribution in [2.45, 2.75) is 83.5 Å². The second-order valence-corrected chi connectivity index (χ2v) is 10.5. The van der Waals surface area contributed by atoms with Crippen LogP contribution in [0.15, 0.2) is 66.2 Å². The number of rotatable bonds is 9. The van der Waals surface area contributed by atoms with E-state index in [0.29, 0.717) is 6.42 Å². The molecule has 0 heterocycles. The molecule has 1 N–H and O–H groups in total. The van der Waals surface area contributed by atoms with Gasteiger partial charge in [-0.1, -0.05) is 74.5 Å². The molecule has 2 nitrogen and oxygen atoms in total. The Bertz CT molecular complexity index is 892. The van der Waals surface area contributed by atoms with Gasteiger partial charge in [0.2, 0.25) is 0 Å². The molecule has 3 rings (SSSR count). The molecule has 3 heteroatoms. The number of benzene rings is 2. The maximum Gasteiger partial charge on any atom is 0.145 e. The van der Waals surface area contributed by atoms with Crippen molar-refractivity contribution in [1.82, 2.24) is 0 Å². The first-order valence-corrected chi connectivity index (χ1v) is 13.0. The standard InChI is InChI=1S/C27H34O2S.C2H6.H2/c1-21(28)27(3,30-19-9-12-22-10-5-4-6-11-22)20-26(2,29)25-17-15-23-13-7-8-14-24(23)16-18-25;1-2;/h4-8,10-11,13-14,17,29H,9,12,15-16,18-20H2,1-3H3;1-2H3;1H. The summed E-state index contributed by atoms with van der Waals surface area (Å²) >= 11 is 1.70. The molecule has 0 amide bonds. The van der Waals surface area contributed by atoms with Crippen LogP contribution in [0.5, 0.6) is 0 Å². The van der Waals surface area contributed by atoms with Gasteiger partial charge in [0.05, 0.1) is 10.3 Å². The number of ketones is 1. The number of Topliss-reactive ketones (excluding diaryl/α,β-unsaturated/α-hetero) is 1. The summed E-state index contributed by atoms with van der Waals surface area (Å²) in [5.74, 6) is 1.05. The van der Waals surface area contributed by atoms with E-state index in [1.807, 2.05) is 33.8 Å². The minimum atomic E-state index is -0.977. The minimum Gasteiger partial charge on any atom is -0.386 e. The smallest absolute Gasteiger partial charge is 0.145 e. The van der Waals surface area contributed by atoms with Crippen molar-refractivity contribution in [3.05, 3.63) is 82.9 Å². The van der Waals surface area contributed by atoms with Gasteiger partial charge in [-0.3, -0.25) is 4.79 Å². The first-order valence-electron chi connectivity index (χ1n) is 12.0. The third-order valence-electron chi connectivity index (χ3n) is 6.34. The number of allylic oxidation sites excluding steroid dienone is 1. The van der Waals surface area contributed by atoms with Crippen LogP contribution in [-0.2, 0) is 24.1 Å². The Hall–Kier alpha value is -1.84. The van der Waals surface area contributed by atoms with Gasteiger partial charge in [0.25, 0.3) is 0 Å². The van der Waals surface area contributed by atoms with E-state index in [9.17, 15) is 9.90 Å². The number of thioether (sulfide) groups is 1. The van der Waals surface area contributed by atoms with Gasteiger partial charge in [-0.2, -0.15) is 0 Å². The van der Waals surface area contributed by atoms with Crippen molar-refractivity contribution in [3.8, 4) is 0 Å². The number of hydrogen-bond acceptors (Lipinski definition) is 3.